The Balaban J connectivity index is 1.64. The average Bonchev–Trinajstić information content (AvgIpc) is 3.21. The maximum absolute atomic E-state index is 12.9. The summed E-state index contributed by atoms with van der Waals surface area (Å²) in [4.78, 5) is 23.8. The minimum atomic E-state index is -0.602. The number of hydrogen-bond acceptors (Lipinski definition) is 4. The molecule has 0 fully saturated rings. The predicted octanol–water partition coefficient (Wildman–Crippen LogP) is 3.60. The predicted molar refractivity (Wildman–Crippen MR) is 79.7 cm³/mol. The maximum Gasteiger partial charge on any atom is 0.232 e. The van der Waals surface area contributed by atoms with Gasteiger partial charge in [0.2, 0.25) is 11.6 Å². The largest absolute Gasteiger partial charge is 0.472 e. The van der Waals surface area contributed by atoms with E-state index in [1.807, 2.05) is 0 Å². The third-order valence-electron chi connectivity index (χ3n) is 3.38. The monoisotopic (exact) mass is 312 g/mol. The fourth-order valence-electron chi connectivity index (χ4n) is 2.21. The van der Waals surface area contributed by atoms with Gasteiger partial charge >= 0.3 is 0 Å². The van der Waals surface area contributed by atoms with E-state index >= 15 is 0 Å². The standard InChI is InChI=1S/C18H13FO4/c19-14-3-1-12(2-4-14)9-15-5-6-16(23-15)10-17(20)18(21)13-7-8-22-11-13/h1-8,11H,9-10H2. The second kappa shape index (κ2) is 6.44. The Morgan fingerprint density at radius 1 is 0.957 bits per heavy atom. The van der Waals surface area contributed by atoms with Crippen LogP contribution < -0.4 is 0 Å². The van der Waals surface area contributed by atoms with Crippen LogP contribution in [0, 0.1) is 5.82 Å². The van der Waals surface area contributed by atoms with E-state index in [9.17, 15) is 14.0 Å². The molecular formula is C18H13FO4. The highest BCUT2D eigenvalue weighted by Crippen LogP contribution is 2.15. The molecular weight excluding hydrogens is 299 g/mol. The molecule has 116 valence electrons. The number of ketones is 2. The number of carbonyl (C=O) groups excluding carboxylic acids is 2. The normalized spacial score (nSPS) is 10.7. The van der Waals surface area contributed by atoms with Gasteiger partial charge in [-0.05, 0) is 35.9 Å². The van der Waals surface area contributed by atoms with Crippen molar-refractivity contribution in [1.82, 2.24) is 0 Å². The zero-order valence-corrected chi connectivity index (χ0v) is 12.1. The summed E-state index contributed by atoms with van der Waals surface area (Å²) >= 11 is 0. The Hall–Kier alpha value is -2.95. The molecule has 0 spiro atoms. The topological polar surface area (TPSA) is 60.4 Å². The van der Waals surface area contributed by atoms with Crippen molar-refractivity contribution in [3.05, 3.63) is 83.5 Å². The lowest BCUT2D eigenvalue weighted by molar-refractivity contribution is -0.114. The first-order chi connectivity index (χ1) is 11.1. The molecule has 0 aliphatic heterocycles. The zero-order valence-electron chi connectivity index (χ0n) is 12.1. The molecule has 0 bridgehead atoms. The molecule has 0 amide bonds. The minimum Gasteiger partial charge on any atom is -0.472 e. The fraction of sp³-hybridized carbons (Fsp3) is 0.111. The van der Waals surface area contributed by atoms with Gasteiger partial charge in [-0.25, -0.2) is 4.39 Å². The first-order valence-corrected chi connectivity index (χ1v) is 7.03. The smallest absolute Gasteiger partial charge is 0.232 e. The van der Waals surface area contributed by atoms with Crippen LogP contribution >= 0.6 is 0 Å². The Kier molecular flexibility index (Phi) is 4.19. The minimum absolute atomic E-state index is 0.104. The highest BCUT2D eigenvalue weighted by atomic mass is 19.1. The van der Waals surface area contributed by atoms with Crippen molar-refractivity contribution in [3.63, 3.8) is 0 Å². The summed E-state index contributed by atoms with van der Waals surface area (Å²) < 4.78 is 23.2. The SMILES string of the molecule is O=C(Cc1ccc(Cc2ccc(F)cc2)o1)C(=O)c1ccoc1. The maximum atomic E-state index is 12.9. The van der Waals surface area contributed by atoms with E-state index in [1.165, 1.54) is 30.7 Å². The number of carbonyl (C=O) groups is 2. The molecule has 0 aliphatic carbocycles. The lowest BCUT2D eigenvalue weighted by atomic mass is 10.1. The van der Waals surface area contributed by atoms with Crippen LogP contribution in [0.5, 0.6) is 0 Å². The van der Waals surface area contributed by atoms with E-state index in [-0.39, 0.29) is 17.8 Å². The van der Waals surface area contributed by atoms with E-state index in [0.29, 0.717) is 17.9 Å². The Morgan fingerprint density at radius 3 is 2.39 bits per heavy atom. The zero-order chi connectivity index (χ0) is 16.2. The van der Waals surface area contributed by atoms with Gasteiger partial charge in [-0.2, -0.15) is 0 Å². The fourth-order valence-corrected chi connectivity index (χ4v) is 2.21. The van der Waals surface area contributed by atoms with Gasteiger partial charge in [0.1, 0.15) is 23.6 Å². The molecule has 0 atom stereocenters. The number of Topliss-reactive ketones (excluding diaryl/α,β-unsaturated/α-hetero) is 2. The molecule has 0 unspecified atom stereocenters. The van der Waals surface area contributed by atoms with E-state index in [2.05, 4.69) is 0 Å². The highest BCUT2D eigenvalue weighted by Gasteiger charge is 2.19. The Bertz CT molecular complexity index is 813. The highest BCUT2D eigenvalue weighted by molar-refractivity contribution is 6.43. The lowest BCUT2D eigenvalue weighted by Gasteiger charge is -1.99. The average molecular weight is 312 g/mol. The summed E-state index contributed by atoms with van der Waals surface area (Å²) in [6, 6.07) is 11.0. The van der Waals surface area contributed by atoms with Crippen LogP contribution in [0.3, 0.4) is 0 Å². The van der Waals surface area contributed by atoms with E-state index in [0.717, 1.165) is 5.56 Å². The molecule has 3 aromatic rings. The molecule has 0 saturated carbocycles. The summed E-state index contributed by atoms with van der Waals surface area (Å²) in [6.45, 7) is 0. The summed E-state index contributed by atoms with van der Waals surface area (Å²) in [5, 5.41) is 0. The number of rotatable bonds is 6. The van der Waals surface area contributed by atoms with E-state index in [4.69, 9.17) is 8.83 Å². The first-order valence-electron chi connectivity index (χ1n) is 7.03. The van der Waals surface area contributed by atoms with Gasteiger partial charge in [0, 0.05) is 6.42 Å². The van der Waals surface area contributed by atoms with E-state index in [1.54, 1.807) is 24.3 Å². The van der Waals surface area contributed by atoms with Crippen molar-refractivity contribution < 1.29 is 22.8 Å². The van der Waals surface area contributed by atoms with Gasteiger partial charge in [0.25, 0.3) is 0 Å². The Morgan fingerprint density at radius 2 is 1.70 bits per heavy atom. The molecule has 23 heavy (non-hydrogen) atoms. The number of benzene rings is 1. The van der Waals surface area contributed by atoms with Gasteiger partial charge in [-0.1, -0.05) is 12.1 Å². The van der Waals surface area contributed by atoms with Gasteiger partial charge < -0.3 is 8.83 Å². The summed E-state index contributed by atoms with van der Waals surface area (Å²) in [6.07, 6.45) is 2.97. The molecule has 0 N–H and O–H groups in total. The van der Waals surface area contributed by atoms with Crippen LogP contribution in [0.2, 0.25) is 0 Å². The molecule has 1 aromatic carbocycles. The molecule has 5 heteroatoms. The van der Waals surface area contributed by atoms with Crippen molar-refractivity contribution in [3.8, 4) is 0 Å². The van der Waals surface area contributed by atoms with Crippen LogP contribution in [0.15, 0.2) is 63.8 Å². The number of hydrogen-bond donors (Lipinski definition) is 0. The molecule has 0 radical (unpaired) electrons. The van der Waals surface area contributed by atoms with Gasteiger partial charge in [0.15, 0.2) is 0 Å². The third-order valence-corrected chi connectivity index (χ3v) is 3.38. The van der Waals surface area contributed by atoms with Crippen molar-refractivity contribution in [1.29, 1.82) is 0 Å². The molecule has 2 aromatic heterocycles. The molecule has 0 saturated heterocycles. The van der Waals surface area contributed by atoms with Gasteiger partial charge in [-0.3, -0.25) is 9.59 Å². The summed E-state index contributed by atoms with van der Waals surface area (Å²) in [7, 11) is 0. The quantitative estimate of drug-likeness (QED) is 0.515. The second-order valence-electron chi connectivity index (χ2n) is 5.11. The van der Waals surface area contributed by atoms with Crippen molar-refractivity contribution >= 4 is 11.6 Å². The third kappa shape index (κ3) is 3.63. The summed E-state index contributed by atoms with van der Waals surface area (Å²) in [5.74, 6) is -0.388. The lowest BCUT2D eigenvalue weighted by Crippen LogP contribution is -2.15. The summed E-state index contributed by atoms with van der Waals surface area (Å²) in [5.41, 5.74) is 1.13. The van der Waals surface area contributed by atoms with Gasteiger partial charge in [-0.15, -0.1) is 0 Å². The van der Waals surface area contributed by atoms with Crippen LogP contribution in [0.1, 0.15) is 27.4 Å². The van der Waals surface area contributed by atoms with Crippen molar-refractivity contribution in [2.45, 2.75) is 12.8 Å². The molecule has 0 aliphatic rings. The number of halogens is 1. The van der Waals surface area contributed by atoms with Crippen LogP contribution in [0.25, 0.3) is 0 Å². The van der Waals surface area contributed by atoms with Crippen molar-refractivity contribution in [2.24, 2.45) is 0 Å². The first kappa shape index (κ1) is 15.0. The Labute approximate surface area is 131 Å². The second-order valence-corrected chi connectivity index (χ2v) is 5.11. The van der Waals surface area contributed by atoms with E-state index < -0.39 is 11.6 Å². The van der Waals surface area contributed by atoms with Gasteiger partial charge in [0.05, 0.1) is 18.2 Å². The molecule has 4 nitrogen and oxygen atoms in total. The van der Waals surface area contributed by atoms with Crippen molar-refractivity contribution in [2.75, 3.05) is 0 Å². The van der Waals surface area contributed by atoms with Crippen LogP contribution in [-0.4, -0.2) is 11.6 Å². The van der Waals surface area contributed by atoms with Crippen LogP contribution in [0.4, 0.5) is 4.39 Å². The number of furan rings is 2. The molecule has 3 rings (SSSR count). The molecule has 2 heterocycles. The van der Waals surface area contributed by atoms with Crippen LogP contribution in [-0.2, 0) is 17.6 Å².